The van der Waals surface area contributed by atoms with Crippen LogP contribution in [0.15, 0.2) is 53.4 Å². The lowest BCUT2D eigenvalue weighted by molar-refractivity contribution is 0.0935. The standard InChI is InChI=1S/C20H22N2O3S/c1-14(15-9-10-15)21-20(23)17-6-4-7-18(13-17)26(24,25)22-12-11-16-5-2-3-8-19(16)22/h2-8,13-15H,9-12H2,1H3,(H,21,23)/t14-/m1/s1. The number of nitrogens with one attached hydrogen (secondary N) is 1. The maximum absolute atomic E-state index is 13.1. The van der Waals surface area contributed by atoms with Crippen LogP contribution in [0.5, 0.6) is 0 Å². The molecule has 1 amide bonds. The molecule has 0 spiro atoms. The third-order valence-electron chi connectivity index (χ3n) is 5.22. The third kappa shape index (κ3) is 3.09. The molecule has 1 fully saturated rings. The number of hydrogen-bond donors (Lipinski definition) is 1. The summed E-state index contributed by atoms with van der Waals surface area (Å²) in [5.74, 6) is 0.329. The summed E-state index contributed by atoms with van der Waals surface area (Å²) in [6.45, 7) is 2.42. The molecule has 1 aliphatic carbocycles. The van der Waals surface area contributed by atoms with Gasteiger partial charge in [-0.1, -0.05) is 24.3 Å². The highest BCUT2D eigenvalue weighted by molar-refractivity contribution is 7.92. The molecule has 1 aliphatic heterocycles. The van der Waals surface area contributed by atoms with Gasteiger partial charge in [-0.15, -0.1) is 0 Å². The molecule has 1 N–H and O–H groups in total. The van der Waals surface area contributed by atoms with Crippen molar-refractivity contribution in [1.82, 2.24) is 5.32 Å². The van der Waals surface area contributed by atoms with Crippen molar-refractivity contribution in [3.8, 4) is 0 Å². The minimum atomic E-state index is -3.69. The van der Waals surface area contributed by atoms with E-state index in [0.29, 0.717) is 24.4 Å². The number of nitrogens with zero attached hydrogens (tertiary/aromatic N) is 1. The van der Waals surface area contributed by atoms with Crippen LogP contribution in [0, 0.1) is 5.92 Å². The first-order chi connectivity index (χ1) is 12.5. The number of carbonyl (C=O) groups excluding carboxylic acids is 1. The molecule has 0 unspecified atom stereocenters. The molecule has 1 saturated carbocycles. The van der Waals surface area contributed by atoms with Crippen molar-refractivity contribution in [3.05, 3.63) is 59.7 Å². The van der Waals surface area contributed by atoms with Gasteiger partial charge in [0, 0.05) is 18.2 Å². The lowest BCUT2D eigenvalue weighted by Gasteiger charge is -2.20. The van der Waals surface area contributed by atoms with Gasteiger partial charge in [-0.25, -0.2) is 8.42 Å². The molecule has 26 heavy (non-hydrogen) atoms. The monoisotopic (exact) mass is 370 g/mol. The van der Waals surface area contributed by atoms with E-state index in [9.17, 15) is 13.2 Å². The summed E-state index contributed by atoms with van der Waals surface area (Å²) < 4.78 is 27.6. The normalized spacial score (nSPS) is 17.7. The molecule has 136 valence electrons. The van der Waals surface area contributed by atoms with E-state index in [2.05, 4.69) is 5.32 Å². The van der Waals surface area contributed by atoms with Gasteiger partial charge < -0.3 is 5.32 Å². The highest BCUT2D eigenvalue weighted by Crippen LogP contribution is 2.33. The Morgan fingerprint density at radius 2 is 1.92 bits per heavy atom. The Labute approximate surface area is 154 Å². The molecule has 6 heteroatoms. The van der Waals surface area contributed by atoms with Crippen molar-refractivity contribution in [2.75, 3.05) is 10.8 Å². The summed E-state index contributed by atoms with van der Waals surface area (Å²) >= 11 is 0. The molecular formula is C20H22N2O3S. The van der Waals surface area contributed by atoms with Crippen molar-refractivity contribution in [2.45, 2.75) is 37.1 Å². The first-order valence-corrected chi connectivity index (χ1v) is 10.4. The highest BCUT2D eigenvalue weighted by atomic mass is 32.2. The van der Waals surface area contributed by atoms with E-state index in [-0.39, 0.29) is 16.8 Å². The Morgan fingerprint density at radius 1 is 1.15 bits per heavy atom. The Balaban J connectivity index is 1.60. The molecule has 2 aromatic carbocycles. The van der Waals surface area contributed by atoms with E-state index >= 15 is 0 Å². The summed E-state index contributed by atoms with van der Waals surface area (Å²) in [6, 6.07) is 14.0. The molecule has 1 heterocycles. The van der Waals surface area contributed by atoms with Gasteiger partial charge >= 0.3 is 0 Å². The second kappa shape index (κ2) is 6.43. The van der Waals surface area contributed by atoms with Gasteiger partial charge in [0.15, 0.2) is 0 Å². The Bertz CT molecular complexity index is 951. The molecule has 0 saturated heterocycles. The summed E-state index contributed by atoms with van der Waals surface area (Å²) in [7, 11) is -3.69. The van der Waals surface area contributed by atoms with E-state index in [4.69, 9.17) is 0 Å². The fourth-order valence-electron chi connectivity index (χ4n) is 3.49. The van der Waals surface area contributed by atoms with Crippen LogP contribution < -0.4 is 9.62 Å². The second-order valence-electron chi connectivity index (χ2n) is 7.08. The average molecular weight is 370 g/mol. The van der Waals surface area contributed by atoms with Crippen molar-refractivity contribution < 1.29 is 13.2 Å². The van der Waals surface area contributed by atoms with Gasteiger partial charge in [0.05, 0.1) is 10.6 Å². The Morgan fingerprint density at radius 3 is 2.69 bits per heavy atom. The molecule has 2 aliphatic rings. The number of amides is 1. The summed E-state index contributed by atoms with van der Waals surface area (Å²) in [5.41, 5.74) is 2.14. The van der Waals surface area contributed by atoms with E-state index in [1.165, 1.54) is 10.4 Å². The fraction of sp³-hybridized carbons (Fsp3) is 0.350. The van der Waals surface area contributed by atoms with Crippen LogP contribution in [0.1, 0.15) is 35.7 Å². The first-order valence-electron chi connectivity index (χ1n) is 8.98. The molecule has 1 atom stereocenters. The first kappa shape index (κ1) is 17.1. The van der Waals surface area contributed by atoms with E-state index in [1.807, 2.05) is 31.2 Å². The van der Waals surface area contributed by atoms with Gasteiger partial charge in [-0.3, -0.25) is 9.10 Å². The minimum absolute atomic E-state index is 0.119. The smallest absolute Gasteiger partial charge is 0.264 e. The zero-order chi connectivity index (χ0) is 18.3. The third-order valence-corrected chi connectivity index (χ3v) is 7.03. The lowest BCUT2D eigenvalue weighted by Crippen LogP contribution is -2.34. The van der Waals surface area contributed by atoms with Gasteiger partial charge in [0.2, 0.25) is 0 Å². The van der Waals surface area contributed by atoms with Gasteiger partial charge in [-0.05, 0) is 61.9 Å². The van der Waals surface area contributed by atoms with Crippen molar-refractivity contribution in [1.29, 1.82) is 0 Å². The molecular weight excluding hydrogens is 348 g/mol. The van der Waals surface area contributed by atoms with Gasteiger partial charge in [0.1, 0.15) is 0 Å². The van der Waals surface area contributed by atoms with Crippen LogP contribution in [-0.4, -0.2) is 26.9 Å². The maximum atomic E-state index is 13.1. The molecule has 4 rings (SSSR count). The number of carbonyl (C=O) groups is 1. The van der Waals surface area contributed by atoms with Crippen LogP contribution in [0.25, 0.3) is 0 Å². The Hall–Kier alpha value is -2.34. The van der Waals surface area contributed by atoms with Crippen LogP contribution >= 0.6 is 0 Å². The maximum Gasteiger partial charge on any atom is 0.264 e. The van der Waals surface area contributed by atoms with Gasteiger partial charge in [0.25, 0.3) is 15.9 Å². The lowest BCUT2D eigenvalue weighted by atomic mass is 10.1. The zero-order valence-electron chi connectivity index (χ0n) is 14.7. The number of para-hydroxylation sites is 1. The SMILES string of the molecule is C[C@@H](NC(=O)c1cccc(S(=O)(=O)N2CCc3ccccc32)c1)C1CC1. The van der Waals surface area contributed by atoms with E-state index < -0.39 is 10.0 Å². The molecule has 0 aromatic heterocycles. The number of rotatable bonds is 5. The van der Waals surface area contributed by atoms with Crippen LogP contribution in [0.3, 0.4) is 0 Å². The minimum Gasteiger partial charge on any atom is -0.349 e. The Kier molecular flexibility index (Phi) is 4.23. The zero-order valence-corrected chi connectivity index (χ0v) is 15.5. The quantitative estimate of drug-likeness (QED) is 0.880. The summed E-state index contributed by atoms with van der Waals surface area (Å²) in [5, 5.41) is 2.97. The summed E-state index contributed by atoms with van der Waals surface area (Å²) in [4.78, 5) is 12.6. The van der Waals surface area contributed by atoms with Crippen molar-refractivity contribution >= 4 is 21.6 Å². The average Bonchev–Trinajstić information content (AvgIpc) is 3.40. The number of fused-ring (bicyclic) bond motifs is 1. The van der Waals surface area contributed by atoms with Gasteiger partial charge in [-0.2, -0.15) is 0 Å². The van der Waals surface area contributed by atoms with Crippen LogP contribution in [0.2, 0.25) is 0 Å². The molecule has 2 aromatic rings. The fourth-order valence-corrected chi connectivity index (χ4v) is 5.04. The van der Waals surface area contributed by atoms with Crippen LogP contribution in [0.4, 0.5) is 5.69 Å². The number of hydrogen-bond acceptors (Lipinski definition) is 3. The van der Waals surface area contributed by atoms with Crippen molar-refractivity contribution in [3.63, 3.8) is 0 Å². The van der Waals surface area contributed by atoms with E-state index in [1.54, 1.807) is 18.2 Å². The van der Waals surface area contributed by atoms with Crippen molar-refractivity contribution in [2.24, 2.45) is 5.92 Å². The highest BCUT2D eigenvalue weighted by Gasteiger charge is 2.32. The number of anilines is 1. The van der Waals surface area contributed by atoms with Crippen LogP contribution in [-0.2, 0) is 16.4 Å². The second-order valence-corrected chi connectivity index (χ2v) is 8.95. The molecule has 5 nitrogen and oxygen atoms in total. The molecule has 0 bridgehead atoms. The van der Waals surface area contributed by atoms with E-state index in [0.717, 1.165) is 24.1 Å². The predicted octanol–water partition coefficient (Wildman–Crippen LogP) is 2.97. The topological polar surface area (TPSA) is 66.5 Å². The number of sulfonamides is 1. The largest absolute Gasteiger partial charge is 0.349 e. The predicted molar refractivity (Wildman–Crippen MR) is 101 cm³/mol. The number of benzene rings is 2. The molecule has 0 radical (unpaired) electrons. The summed E-state index contributed by atoms with van der Waals surface area (Å²) in [6.07, 6.45) is 2.99.